The van der Waals surface area contributed by atoms with Gasteiger partial charge >= 0.3 is 0 Å². The zero-order valence-electron chi connectivity index (χ0n) is 19.8. The van der Waals surface area contributed by atoms with Crippen LogP contribution >= 0.6 is 0 Å². The molecule has 2 amide bonds. The number of rotatable bonds is 8. The fourth-order valence-electron chi connectivity index (χ4n) is 4.28. The molecule has 6 nitrogen and oxygen atoms in total. The van der Waals surface area contributed by atoms with Gasteiger partial charge in [0.25, 0.3) is 5.91 Å². The molecular weight excluding hydrogens is 428 g/mol. The van der Waals surface area contributed by atoms with E-state index in [1.165, 1.54) is 0 Å². The van der Waals surface area contributed by atoms with Crippen molar-refractivity contribution in [3.63, 3.8) is 0 Å². The maximum absolute atomic E-state index is 13.3. The van der Waals surface area contributed by atoms with Gasteiger partial charge in [0.05, 0.1) is 14.2 Å². The summed E-state index contributed by atoms with van der Waals surface area (Å²) in [7, 11) is 3.24. The monoisotopic (exact) mass is 458 g/mol. The number of amides is 2. The highest BCUT2D eigenvalue weighted by molar-refractivity contribution is 6.07. The van der Waals surface area contributed by atoms with E-state index in [2.05, 4.69) is 18.3 Å². The summed E-state index contributed by atoms with van der Waals surface area (Å²) in [6.07, 6.45) is 1.89. The van der Waals surface area contributed by atoms with Crippen LogP contribution in [0.4, 0.5) is 5.69 Å². The Labute approximate surface area is 200 Å². The minimum absolute atomic E-state index is 0.00384. The molecule has 4 rings (SSSR count). The third-order valence-corrected chi connectivity index (χ3v) is 6.21. The van der Waals surface area contributed by atoms with E-state index in [1.54, 1.807) is 38.5 Å². The number of carbonyl (C=O) groups is 2. The van der Waals surface area contributed by atoms with Gasteiger partial charge in [-0.3, -0.25) is 9.59 Å². The van der Waals surface area contributed by atoms with Gasteiger partial charge in [0, 0.05) is 30.3 Å². The second-order valence-electron chi connectivity index (χ2n) is 8.54. The number of benzene rings is 3. The van der Waals surface area contributed by atoms with E-state index in [4.69, 9.17) is 9.47 Å². The van der Waals surface area contributed by atoms with E-state index in [-0.39, 0.29) is 17.9 Å². The molecule has 0 saturated heterocycles. The molecule has 1 aliphatic heterocycles. The number of carbonyl (C=O) groups excluding carboxylic acids is 2. The van der Waals surface area contributed by atoms with Gasteiger partial charge in [0.1, 0.15) is 11.5 Å². The molecule has 0 aliphatic carbocycles. The van der Waals surface area contributed by atoms with Crippen LogP contribution in [0.5, 0.6) is 11.5 Å². The van der Waals surface area contributed by atoms with Crippen molar-refractivity contribution >= 4 is 17.5 Å². The summed E-state index contributed by atoms with van der Waals surface area (Å²) in [6, 6.07) is 21.1. The molecule has 0 fully saturated rings. The first-order valence-corrected chi connectivity index (χ1v) is 11.5. The molecule has 176 valence electrons. The van der Waals surface area contributed by atoms with Crippen LogP contribution in [-0.2, 0) is 24.2 Å². The number of nitrogens with one attached hydrogen (secondary N) is 1. The molecule has 3 aromatic rings. The number of fused-ring (bicyclic) bond motifs is 1. The van der Waals surface area contributed by atoms with Gasteiger partial charge in [-0.2, -0.15) is 0 Å². The lowest BCUT2D eigenvalue weighted by Crippen LogP contribution is -2.35. The number of ether oxygens (including phenoxy) is 2. The Kier molecular flexibility index (Phi) is 7.16. The normalized spacial score (nSPS) is 14.4. The highest BCUT2D eigenvalue weighted by Gasteiger charge is 2.31. The molecule has 0 saturated carbocycles. The van der Waals surface area contributed by atoms with Crippen molar-refractivity contribution in [2.75, 3.05) is 19.1 Å². The van der Waals surface area contributed by atoms with E-state index < -0.39 is 0 Å². The standard InChI is InChI=1S/C28H30N2O4/c1-19-16-23-8-4-21(18-29-27(31)15-7-20-5-11-24(33-2)12-6-20)17-26(23)30(19)28(32)22-9-13-25(34-3)14-10-22/h4-6,8-14,17,19H,7,15-16,18H2,1-3H3,(H,29,31)/t19-/m0/s1. The van der Waals surface area contributed by atoms with E-state index in [0.29, 0.717) is 24.9 Å². The summed E-state index contributed by atoms with van der Waals surface area (Å²) >= 11 is 0. The Morgan fingerprint density at radius 1 is 0.912 bits per heavy atom. The first-order chi connectivity index (χ1) is 16.5. The zero-order valence-corrected chi connectivity index (χ0v) is 19.8. The molecule has 1 N–H and O–H groups in total. The summed E-state index contributed by atoms with van der Waals surface area (Å²) in [6.45, 7) is 2.48. The predicted molar refractivity (Wildman–Crippen MR) is 133 cm³/mol. The molecule has 1 atom stereocenters. The van der Waals surface area contributed by atoms with Crippen molar-refractivity contribution in [2.24, 2.45) is 0 Å². The molecule has 1 heterocycles. The van der Waals surface area contributed by atoms with Gasteiger partial charge in [-0.15, -0.1) is 0 Å². The Bertz CT molecular complexity index is 1160. The van der Waals surface area contributed by atoms with Crippen molar-refractivity contribution < 1.29 is 19.1 Å². The first kappa shape index (κ1) is 23.4. The maximum atomic E-state index is 13.3. The average molecular weight is 459 g/mol. The molecule has 6 heteroatoms. The van der Waals surface area contributed by atoms with Crippen molar-refractivity contribution in [3.8, 4) is 11.5 Å². The van der Waals surface area contributed by atoms with Crippen LogP contribution in [0, 0.1) is 0 Å². The Morgan fingerprint density at radius 3 is 2.18 bits per heavy atom. The lowest BCUT2D eigenvalue weighted by molar-refractivity contribution is -0.121. The number of nitrogens with zero attached hydrogens (tertiary/aromatic N) is 1. The third kappa shape index (κ3) is 5.22. The molecular formula is C28H30N2O4. The van der Waals surface area contributed by atoms with Gasteiger partial charge in [0.2, 0.25) is 5.91 Å². The number of aryl methyl sites for hydroxylation is 1. The van der Waals surface area contributed by atoms with Crippen molar-refractivity contribution in [3.05, 3.63) is 89.0 Å². The average Bonchev–Trinajstić information content (AvgIpc) is 3.21. The fraction of sp³-hybridized carbons (Fsp3) is 0.286. The Balaban J connectivity index is 1.38. The van der Waals surface area contributed by atoms with Crippen molar-refractivity contribution in [1.29, 1.82) is 0 Å². The van der Waals surface area contributed by atoms with Crippen LogP contribution in [0.25, 0.3) is 0 Å². The molecule has 0 radical (unpaired) electrons. The summed E-state index contributed by atoms with van der Waals surface area (Å²) in [5.74, 6) is 1.49. The quantitative estimate of drug-likeness (QED) is 0.538. The first-order valence-electron chi connectivity index (χ1n) is 11.5. The summed E-state index contributed by atoms with van der Waals surface area (Å²) in [5.41, 5.74) is 4.74. The fourth-order valence-corrected chi connectivity index (χ4v) is 4.28. The molecule has 0 spiro atoms. The van der Waals surface area contributed by atoms with Crippen molar-refractivity contribution in [2.45, 2.75) is 38.8 Å². The van der Waals surface area contributed by atoms with Gasteiger partial charge in [-0.1, -0.05) is 24.3 Å². The van der Waals surface area contributed by atoms with Crippen LogP contribution in [0.1, 0.15) is 40.4 Å². The molecule has 0 unspecified atom stereocenters. The lowest BCUT2D eigenvalue weighted by atomic mass is 10.1. The topological polar surface area (TPSA) is 67.9 Å². The minimum Gasteiger partial charge on any atom is -0.497 e. The minimum atomic E-state index is -0.0328. The molecule has 34 heavy (non-hydrogen) atoms. The highest BCUT2D eigenvalue weighted by atomic mass is 16.5. The number of methoxy groups -OCH3 is 2. The van der Waals surface area contributed by atoms with Crippen LogP contribution in [-0.4, -0.2) is 32.1 Å². The molecule has 0 bridgehead atoms. The van der Waals surface area contributed by atoms with Crippen molar-refractivity contribution in [1.82, 2.24) is 5.32 Å². The van der Waals surface area contributed by atoms with Gasteiger partial charge < -0.3 is 19.7 Å². The van der Waals surface area contributed by atoms with E-state index in [9.17, 15) is 9.59 Å². The van der Waals surface area contributed by atoms with Crippen LogP contribution in [0.2, 0.25) is 0 Å². The Hall–Kier alpha value is -3.80. The lowest BCUT2D eigenvalue weighted by Gasteiger charge is -2.23. The van der Waals surface area contributed by atoms with E-state index in [1.807, 2.05) is 41.3 Å². The second kappa shape index (κ2) is 10.4. The van der Waals surface area contributed by atoms with Crippen LogP contribution in [0.3, 0.4) is 0 Å². The summed E-state index contributed by atoms with van der Waals surface area (Å²) in [4.78, 5) is 27.5. The van der Waals surface area contributed by atoms with Crippen LogP contribution < -0.4 is 19.7 Å². The highest BCUT2D eigenvalue weighted by Crippen LogP contribution is 2.34. The predicted octanol–water partition coefficient (Wildman–Crippen LogP) is 4.54. The summed E-state index contributed by atoms with van der Waals surface area (Å²) in [5, 5.41) is 3.00. The van der Waals surface area contributed by atoms with Crippen LogP contribution in [0.15, 0.2) is 66.7 Å². The summed E-state index contributed by atoms with van der Waals surface area (Å²) < 4.78 is 10.4. The maximum Gasteiger partial charge on any atom is 0.258 e. The van der Waals surface area contributed by atoms with E-state index >= 15 is 0 Å². The smallest absolute Gasteiger partial charge is 0.258 e. The molecule has 3 aromatic carbocycles. The molecule has 0 aromatic heterocycles. The van der Waals surface area contributed by atoms with E-state index in [0.717, 1.165) is 40.3 Å². The number of anilines is 1. The van der Waals surface area contributed by atoms with Gasteiger partial charge in [-0.25, -0.2) is 0 Å². The second-order valence-corrected chi connectivity index (χ2v) is 8.54. The zero-order chi connectivity index (χ0) is 24.1. The largest absolute Gasteiger partial charge is 0.497 e. The number of hydrogen-bond donors (Lipinski definition) is 1. The van der Waals surface area contributed by atoms with Gasteiger partial charge in [0.15, 0.2) is 0 Å². The van der Waals surface area contributed by atoms with Gasteiger partial charge in [-0.05, 0) is 78.9 Å². The third-order valence-electron chi connectivity index (χ3n) is 6.21. The molecule has 1 aliphatic rings. The SMILES string of the molecule is COc1ccc(CCC(=O)NCc2ccc3c(c2)N(C(=O)c2ccc(OC)cc2)[C@@H](C)C3)cc1. The number of hydrogen-bond acceptors (Lipinski definition) is 4. The Morgan fingerprint density at radius 2 is 1.53 bits per heavy atom.